The van der Waals surface area contributed by atoms with E-state index in [1.165, 1.54) is 11.1 Å². The van der Waals surface area contributed by atoms with Gasteiger partial charge in [-0.1, -0.05) is 19.9 Å². The van der Waals surface area contributed by atoms with Crippen molar-refractivity contribution in [3.8, 4) is 0 Å². The highest BCUT2D eigenvalue weighted by molar-refractivity contribution is 14.0. The van der Waals surface area contributed by atoms with Gasteiger partial charge >= 0.3 is 0 Å². The van der Waals surface area contributed by atoms with E-state index >= 15 is 0 Å². The van der Waals surface area contributed by atoms with Gasteiger partial charge in [0.05, 0.1) is 19.8 Å². The molecule has 0 spiro atoms. The van der Waals surface area contributed by atoms with E-state index < -0.39 is 0 Å². The molecule has 0 bridgehead atoms. The maximum absolute atomic E-state index is 6.10. The standard InChI is InChI=1S/C19H32N4O.HI/c1-14(2)11-18(23-7-9-24-10-8-23)13-21-19(20)22-17-6-5-15(3)16(4)12-17;/h5-6,12,14,18H,7-11,13H2,1-4H3,(H3,20,21,22);1H. The second-order valence-electron chi connectivity index (χ2n) is 7.08. The number of nitrogens with two attached hydrogens (primary N) is 1. The summed E-state index contributed by atoms with van der Waals surface area (Å²) in [5.74, 6) is 1.13. The van der Waals surface area contributed by atoms with Crippen LogP contribution in [0, 0.1) is 19.8 Å². The van der Waals surface area contributed by atoms with Crippen molar-refractivity contribution in [1.29, 1.82) is 0 Å². The number of aryl methyl sites for hydroxylation is 2. The number of hydrogen-bond acceptors (Lipinski definition) is 3. The highest BCUT2D eigenvalue weighted by Gasteiger charge is 2.21. The van der Waals surface area contributed by atoms with Crippen molar-refractivity contribution in [2.75, 3.05) is 38.2 Å². The van der Waals surface area contributed by atoms with Crippen molar-refractivity contribution in [2.45, 2.75) is 40.2 Å². The summed E-state index contributed by atoms with van der Waals surface area (Å²) in [5.41, 5.74) is 9.62. The van der Waals surface area contributed by atoms with Crippen molar-refractivity contribution in [1.82, 2.24) is 4.90 Å². The summed E-state index contributed by atoms with van der Waals surface area (Å²) in [5, 5.41) is 3.21. The van der Waals surface area contributed by atoms with Crippen molar-refractivity contribution < 1.29 is 4.74 Å². The largest absolute Gasteiger partial charge is 0.379 e. The van der Waals surface area contributed by atoms with Crippen molar-refractivity contribution in [3.05, 3.63) is 29.3 Å². The van der Waals surface area contributed by atoms with Crippen molar-refractivity contribution in [2.24, 2.45) is 16.6 Å². The van der Waals surface area contributed by atoms with Crippen molar-refractivity contribution in [3.63, 3.8) is 0 Å². The molecule has 1 aliphatic rings. The number of ether oxygens (including phenoxy) is 1. The average Bonchev–Trinajstić information content (AvgIpc) is 2.55. The summed E-state index contributed by atoms with van der Waals surface area (Å²) in [6.45, 7) is 13.0. The van der Waals surface area contributed by atoms with E-state index in [9.17, 15) is 0 Å². The van der Waals surface area contributed by atoms with Gasteiger partial charge in [-0.05, 0) is 49.4 Å². The summed E-state index contributed by atoms with van der Waals surface area (Å²) < 4.78 is 5.47. The monoisotopic (exact) mass is 460 g/mol. The van der Waals surface area contributed by atoms with E-state index in [4.69, 9.17) is 10.5 Å². The first-order valence-corrected chi connectivity index (χ1v) is 8.91. The molecule has 25 heavy (non-hydrogen) atoms. The third-order valence-electron chi connectivity index (χ3n) is 4.56. The topological polar surface area (TPSA) is 62.9 Å². The smallest absolute Gasteiger partial charge is 0.193 e. The number of aliphatic imine (C=N–C) groups is 1. The van der Waals surface area contributed by atoms with Crippen molar-refractivity contribution >= 4 is 35.6 Å². The minimum Gasteiger partial charge on any atom is -0.379 e. The first kappa shape index (κ1) is 22.2. The number of morpholine rings is 1. The van der Waals surface area contributed by atoms with Crippen LogP contribution in [0.15, 0.2) is 23.2 Å². The Kier molecular flexibility index (Phi) is 9.74. The number of nitrogens with one attached hydrogen (secondary N) is 1. The molecule has 0 amide bonds. The molecule has 1 saturated heterocycles. The third-order valence-corrected chi connectivity index (χ3v) is 4.56. The van der Waals surface area contributed by atoms with E-state index in [0.29, 0.717) is 17.9 Å². The summed E-state index contributed by atoms with van der Waals surface area (Å²) in [6, 6.07) is 6.66. The number of nitrogens with zero attached hydrogens (tertiary/aromatic N) is 2. The molecule has 1 heterocycles. The van der Waals surface area contributed by atoms with Crippen LogP contribution in [0.1, 0.15) is 31.4 Å². The lowest BCUT2D eigenvalue weighted by molar-refractivity contribution is 0.0143. The van der Waals surface area contributed by atoms with Gasteiger partial charge in [0.15, 0.2) is 5.96 Å². The van der Waals surface area contributed by atoms with Gasteiger partial charge in [-0.3, -0.25) is 9.89 Å². The molecule has 1 aliphatic heterocycles. The molecule has 0 aromatic heterocycles. The zero-order valence-corrected chi connectivity index (χ0v) is 18.2. The molecule has 1 aromatic rings. The fourth-order valence-electron chi connectivity index (χ4n) is 3.04. The Labute approximate surface area is 169 Å². The summed E-state index contributed by atoms with van der Waals surface area (Å²) in [7, 11) is 0. The van der Waals surface area contributed by atoms with Crippen LogP contribution in [0.5, 0.6) is 0 Å². The van der Waals surface area contributed by atoms with Crippen LogP contribution in [0.2, 0.25) is 0 Å². The molecule has 1 aromatic carbocycles. The molecule has 5 nitrogen and oxygen atoms in total. The van der Waals surface area contributed by atoms with Crippen LogP contribution in [-0.4, -0.2) is 49.7 Å². The van der Waals surface area contributed by atoms with Gasteiger partial charge in [0, 0.05) is 24.8 Å². The molecule has 6 heteroatoms. The van der Waals surface area contributed by atoms with Gasteiger partial charge in [-0.2, -0.15) is 0 Å². The zero-order valence-electron chi connectivity index (χ0n) is 15.9. The molecular weight excluding hydrogens is 427 g/mol. The third kappa shape index (κ3) is 7.50. The quantitative estimate of drug-likeness (QED) is 0.388. The average molecular weight is 460 g/mol. The lowest BCUT2D eigenvalue weighted by Crippen LogP contribution is -2.45. The molecule has 1 atom stereocenters. The number of benzene rings is 1. The number of rotatable bonds is 6. The molecule has 1 fully saturated rings. The molecule has 0 saturated carbocycles. The van der Waals surface area contributed by atoms with Gasteiger partial charge in [-0.15, -0.1) is 24.0 Å². The maximum Gasteiger partial charge on any atom is 0.193 e. The molecule has 2 rings (SSSR count). The summed E-state index contributed by atoms with van der Waals surface area (Å²) in [6.07, 6.45) is 1.13. The Morgan fingerprint density at radius 2 is 1.92 bits per heavy atom. The molecule has 142 valence electrons. The number of anilines is 1. The molecule has 3 N–H and O–H groups in total. The Balaban J connectivity index is 0.00000312. The SMILES string of the molecule is Cc1ccc(NC(N)=NCC(CC(C)C)N2CCOCC2)cc1C.I. The van der Waals surface area contributed by atoms with E-state index in [0.717, 1.165) is 45.0 Å². The number of halogens is 1. The lowest BCUT2D eigenvalue weighted by Gasteiger charge is -2.34. The zero-order chi connectivity index (χ0) is 17.5. The predicted octanol–water partition coefficient (Wildman–Crippen LogP) is 3.39. The van der Waals surface area contributed by atoms with E-state index in [1.54, 1.807) is 0 Å². The molecule has 0 radical (unpaired) electrons. The Bertz CT molecular complexity index is 556. The highest BCUT2D eigenvalue weighted by atomic mass is 127. The van der Waals surface area contributed by atoms with Gasteiger partial charge < -0.3 is 15.8 Å². The van der Waals surface area contributed by atoms with Crippen LogP contribution in [0.3, 0.4) is 0 Å². The Morgan fingerprint density at radius 1 is 1.24 bits per heavy atom. The van der Waals surface area contributed by atoms with Gasteiger partial charge in [0.25, 0.3) is 0 Å². The van der Waals surface area contributed by atoms with Crippen LogP contribution < -0.4 is 11.1 Å². The summed E-state index contributed by atoms with van der Waals surface area (Å²) in [4.78, 5) is 7.08. The first-order valence-electron chi connectivity index (χ1n) is 8.91. The van der Waals surface area contributed by atoms with E-state index in [-0.39, 0.29) is 24.0 Å². The molecule has 0 aliphatic carbocycles. The number of hydrogen-bond donors (Lipinski definition) is 2. The minimum atomic E-state index is 0. The Morgan fingerprint density at radius 3 is 2.52 bits per heavy atom. The van der Waals surface area contributed by atoms with Crippen LogP contribution in [-0.2, 0) is 4.74 Å². The fraction of sp³-hybridized carbons (Fsp3) is 0.632. The van der Waals surface area contributed by atoms with Gasteiger partial charge in [-0.25, -0.2) is 0 Å². The molecular formula is C19H33IN4O. The second-order valence-corrected chi connectivity index (χ2v) is 7.08. The number of guanidine groups is 1. The lowest BCUT2D eigenvalue weighted by atomic mass is 10.0. The van der Waals surface area contributed by atoms with Gasteiger partial charge in [0.1, 0.15) is 0 Å². The van der Waals surface area contributed by atoms with Gasteiger partial charge in [0.2, 0.25) is 0 Å². The highest BCUT2D eigenvalue weighted by Crippen LogP contribution is 2.15. The van der Waals surface area contributed by atoms with Crippen LogP contribution in [0.25, 0.3) is 0 Å². The second kappa shape index (κ2) is 11.0. The Hall–Kier alpha value is -0.860. The minimum absolute atomic E-state index is 0. The van der Waals surface area contributed by atoms with E-state index in [1.807, 2.05) is 6.07 Å². The predicted molar refractivity (Wildman–Crippen MR) is 117 cm³/mol. The first-order chi connectivity index (χ1) is 11.5. The molecule has 1 unspecified atom stereocenters. The summed E-state index contributed by atoms with van der Waals surface area (Å²) >= 11 is 0. The normalized spacial score (nSPS) is 17.2. The fourth-order valence-corrected chi connectivity index (χ4v) is 3.04. The maximum atomic E-state index is 6.10. The van der Waals surface area contributed by atoms with E-state index in [2.05, 4.69) is 55.0 Å². The van der Waals surface area contributed by atoms with Crippen LogP contribution in [0.4, 0.5) is 5.69 Å². The van der Waals surface area contributed by atoms with Crippen LogP contribution >= 0.6 is 24.0 Å².